The smallest absolute Gasteiger partial charge is 0.272 e. The molecule has 0 radical (unpaired) electrons. The Kier molecular flexibility index (Phi) is 3.80. The van der Waals surface area contributed by atoms with Gasteiger partial charge in [-0.3, -0.25) is 14.3 Å². The molecule has 1 saturated carbocycles. The van der Waals surface area contributed by atoms with Gasteiger partial charge in [0.1, 0.15) is 0 Å². The number of hydrogen-bond donors (Lipinski definition) is 1. The molecule has 0 bridgehead atoms. The molecule has 0 atom stereocenters. The van der Waals surface area contributed by atoms with E-state index in [1.54, 1.807) is 6.07 Å². The molecule has 0 saturated heterocycles. The molecule has 6 heteroatoms. The zero-order valence-electron chi connectivity index (χ0n) is 13.4. The first kappa shape index (κ1) is 14.9. The van der Waals surface area contributed by atoms with Crippen LogP contribution in [0, 0.1) is 5.92 Å². The zero-order chi connectivity index (χ0) is 16.5. The van der Waals surface area contributed by atoms with Crippen LogP contribution in [-0.4, -0.2) is 33.0 Å². The Hall–Kier alpha value is -2.63. The predicted molar refractivity (Wildman–Crippen MR) is 88.0 cm³/mol. The molecular formula is C18H20N4O2. The highest BCUT2D eigenvalue weighted by molar-refractivity contribution is 5.92. The van der Waals surface area contributed by atoms with Crippen molar-refractivity contribution in [2.45, 2.75) is 32.5 Å². The van der Waals surface area contributed by atoms with Crippen molar-refractivity contribution >= 4 is 11.8 Å². The van der Waals surface area contributed by atoms with E-state index < -0.39 is 0 Å². The van der Waals surface area contributed by atoms with Crippen molar-refractivity contribution < 1.29 is 9.59 Å². The van der Waals surface area contributed by atoms with Gasteiger partial charge in [0.15, 0.2) is 5.69 Å². The summed E-state index contributed by atoms with van der Waals surface area (Å²) in [7, 11) is 0. The number of nitrogens with zero attached hydrogens (tertiary/aromatic N) is 3. The lowest BCUT2D eigenvalue weighted by atomic mass is 10.2. The van der Waals surface area contributed by atoms with Crippen LogP contribution in [0.4, 0.5) is 0 Å². The number of fused-ring (bicyclic) bond motifs is 1. The van der Waals surface area contributed by atoms with Gasteiger partial charge in [-0.05, 0) is 24.5 Å². The number of amides is 2. The Morgan fingerprint density at radius 3 is 2.71 bits per heavy atom. The third-order valence-electron chi connectivity index (χ3n) is 4.56. The van der Waals surface area contributed by atoms with E-state index >= 15 is 0 Å². The maximum absolute atomic E-state index is 12.3. The molecule has 4 rings (SSSR count). The lowest BCUT2D eigenvalue weighted by Crippen LogP contribution is -2.39. The minimum atomic E-state index is -0.180. The number of aromatic nitrogens is 2. The maximum atomic E-state index is 12.3. The highest BCUT2D eigenvalue weighted by Gasteiger charge is 2.35. The quantitative estimate of drug-likeness (QED) is 0.928. The summed E-state index contributed by atoms with van der Waals surface area (Å²) in [5, 5.41) is 7.28. The van der Waals surface area contributed by atoms with E-state index in [1.165, 1.54) is 0 Å². The van der Waals surface area contributed by atoms with Crippen LogP contribution in [0.1, 0.15) is 34.6 Å². The first-order chi connectivity index (χ1) is 11.7. The van der Waals surface area contributed by atoms with Gasteiger partial charge in [-0.15, -0.1) is 0 Å². The highest BCUT2D eigenvalue weighted by atomic mass is 16.2. The molecule has 1 aliphatic carbocycles. The van der Waals surface area contributed by atoms with Crippen LogP contribution in [-0.2, 0) is 24.4 Å². The normalized spacial score (nSPS) is 16.6. The van der Waals surface area contributed by atoms with Crippen LogP contribution in [0.25, 0.3) is 0 Å². The molecule has 1 aromatic heterocycles. The molecule has 2 aromatic rings. The molecule has 24 heavy (non-hydrogen) atoms. The van der Waals surface area contributed by atoms with E-state index in [0.29, 0.717) is 31.9 Å². The Labute approximate surface area is 140 Å². The number of rotatable bonds is 4. The second-order valence-electron chi connectivity index (χ2n) is 6.45. The van der Waals surface area contributed by atoms with E-state index in [0.717, 1.165) is 24.1 Å². The van der Waals surface area contributed by atoms with Crippen LogP contribution >= 0.6 is 0 Å². The predicted octanol–water partition coefficient (Wildman–Crippen LogP) is 1.57. The van der Waals surface area contributed by atoms with Crippen molar-refractivity contribution in [2.75, 3.05) is 6.54 Å². The summed E-state index contributed by atoms with van der Waals surface area (Å²) >= 11 is 0. The number of nitrogens with one attached hydrogen (secondary N) is 1. The van der Waals surface area contributed by atoms with Crippen molar-refractivity contribution in [2.24, 2.45) is 5.92 Å². The second kappa shape index (κ2) is 6.11. The van der Waals surface area contributed by atoms with Crippen molar-refractivity contribution in [1.29, 1.82) is 0 Å². The van der Waals surface area contributed by atoms with Gasteiger partial charge in [0.25, 0.3) is 5.91 Å². The Balaban J connectivity index is 1.40. The fraction of sp³-hybridized carbons (Fsp3) is 0.389. The summed E-state index contributed by atoms with van der Waals surface area (Å²) in [6, 6.07) is 11.6. The van der Waals surface area contributed by atoms with Gasteiger partial charge in [-0.25, -0.2) is 0 Å². The molecule has 2 heterocycles. The van der Waals surface area contributed by atoms with Gasteiger partial charge in [0, 0.05) is 19.0 Å². The van der Waals surface area contributed by atoms with Gasteiger partial charge < -0.3 is 10.2 Å². The lowest BCUT2D eigenvalue weighted by Gasteiger charge is -2.27. The number of hydrogen-bond acceptors (Lipinski definition) is 3. The van der Waals surface area contributed by atoms with Crippen molar-refractivity contribution in [3.63, 3.8) is 0 Å². The van der Waals surface area contributed by atoms with Crippen LogP contribution in [0.15, 0.2) is 36.4 Å². The molecule has 2 aliphatic rings. The zero-order valence-corrected chi connectivity index (χ0v) is 13.4. The Bertz CT molecular complexity index is 765. The Morgan fingerprint density at radius 2 is 1.96 bits per heavy atom. The van der Waals surface area contributed by atoms with Crippen molar-refractivity contribution in [3.05, 3.63) is 53.3 Å². The van der Waals surface area contributed by atoms with Gasteiger partial charge >= 0.3 is 0 Å². The fourth-order valence-corrected chi connectivity index (χ4v) is 3.02. The first-order valence-electron chi connectivity index (χ1n) is 8.38. The molecular weight excluding hydrogens is 304 g/mol. The molecule has 1 N–H and O–H groups in total. The molecule has 1 aliphatic heterocycles. The van der Waals surface area contributed by atoms with Crippen molar-refractivity contribution in [3.8, 4) is 0 Å². The summed E-state index contributed by atoms with van der Waals surface area (Å²) in [5.41, 5.74) is 2.40. The van der Waals surface area contributed by atoms with Crippen molar-refractivity contribution in [1.82, 2.24) is 20.0 Å². The summed E-state index contributed by atoms with van der Waals surface area (Å²) in [5.74, 6) is 0.298. The van der Waals surface area contributed by atoms with E-state index in [-0.39, 0.29) is 17.7 Å². The first-order valence-corrected chi connectivity index (χ1v) is 8.38. The minimum absolute atomic E-state index is 0.180. The molecule has 0 unspecified atom stereocenters. The number of carbonyl (C=O) groups excluding carboxylic acids is 2. The van der Waals surface area contributed by atoms with Gasteiger partial charge in [-0.2, -0.15) is 5.10 Å². The summed E-state index contributed by atoms with van der Waals surface area (Å²) in [6.07, 6.45) is 2.03. The monoisotopic (exact) mass is 324 g/mol. The molecule has 1 aromatic carbocycles. The molecule has 0 spiro atoms. The molecule has 6 nitrogen and oxygen atoms in total. The summed E-state index contributed by atoms with van der Waals surface area (Å²) in [4.78, 5) is 26.4. The third kappa shape index (κ3) is 3.04. The average Bonchev–Trinajstić information content (AvgIpc) is 3.38. The van der Waals surface area contributed by atoms with E-state index in [2.05, 4.69) is 10.4 Å². The average molecular weight is 324 g/mol. The summed E-state index contributed by atoms with van der Waals surface area (Å²) in [6.45, 7) is 2.36. The lowest BCUT2D eigenvalue weighted by molar-refractivity contribution is -0.134. The number of carbonyl (C=O) groups is 2. The minimum Gasteiger partial charge on any atom is -0.347 e. The molecule has 1 fully saturated rings. The maximum Gasteiger partial charge on any atom is 0.272 e. The van der Waals surface area contributed by atoms with Crippen LogP contribution in [0.2, 0.25) is 0 Å². The third-order valence-corrected chi connectivity index (χ3v) is 4.56. The van der Waals surface area contributed by atoms with Crippen LogP contribution in [0.5, 0.6) is 0 Å². The van der Waals surface area contributed by atoms with Crippen LogP contribution < -0.4 is 5.32 Å². The molecule has 2 amide bonds. The second-order valence-corrected chi connectivity index (χ2v) is 6.45. The topological polar surface area (TPSA) is 67.2 Å². The SMILES string of the molecule is O=C(NCc1ccccc1)c1cc2n(n1)CCN(C(=O)C1CC1)C2. The van der Waals surface area contributed by atoms with Gasteiger partial charge in [0.05, 0.1) is 18.8 Å². The van der Waals surface area contributed by atoms with Gasteiger partial charge in [0.2, 0.25) is 5.91 Å². The van der Waals surface area contributed by atoms with Crippen LogP contribution in [0.3, 0.4) is 0 Å². The fourth-order valence-electron chi connectivity index (χ4n) is 3.02. The largest absolute Gasteiger partial charge is 0.347 e. The highest BCUT2D eigenvalue weighted by Crippen LogP contribution is 2.32. The van der Waals surface area contributed by atoms with E-state index in [1.807, 2.05) is 39.9 Å². The van der Waals surface area contributed by atoms with E-state index in [4.69, 9.17) is 0 Å². The summed E-state index contributed by atoms with van der Waals surface area (Å²) < 4.78 is 1.84. The Morgan fingerprint density at radius 1 is 1.17 bits per heavy atom. The van der Waals surface area contributed by atoms with Gasteiger partial charge in [-0.1, -0.05) is 30.3 Å². The number of benzene rings is 1. The standard InChI is InChI=1S/C18H20N4O2/c23-17(19-11-13-4-2-1-3-5-13)16-10-15-12-21(8-9-22(15)20-16)18(24)14-6-7-14/h1-5,10,14H,6-9,11-12H2,(H,19,23). The van der Waals surface area contributed by atoms with E-state index in [9.17, 15) is 9.59 Å². The molecule has 124 valence electrons.